The predicted molar refractivity (Wildman–Crippen MR) is 51.4 cm³/mol. The maximum Gasteiger partial charge on any atom is 0.339 e. The molecule has 1 aromatic carbocycles. The molecule has 1 heterocycles. The lowest BCUT2D eigenvalue weighted by atomic mass is 10.0. The van der Waals surface area contributed by atoms with Crippen molar-refractivity contribution in [2.45, 2.75) is 12.0 Å². The Morgan fingerprint density at radius 3 is 2.38 bits per heavy atom. The second-order valence-corrected chi connectivity index (χ2v) is 3.61. The van der Waals surface area contributed by atoms with Gasteiger partial charge in [0, 0.05) is 0 Å². The molecule has 1 aliphatic heterocycles. The fourth-order valence-electron chi connectivity index (χ4n) is 1.35. The lowest BCUT2D eigenvalue weighted by Gasteiger charge is -2.39. The summed E-state index contributed by atoms with van der Waals surface area (Å²) in [6.45, 7) is -0.494. The molecule has 0 aromatic heterocycles. The van der Waals surface area contributed by atoms with E-state index in [1.165, 1.54) is 12.1 Å². The summed E-state index contributed by atoms with van der Waals surface area (Å²) in [7, 11) is 0. The summed E-state index contributed by atoms with van der Waals surface area (Å²) in [5.41, 5.74) is -1.50. The van der Waals surface area contributed by atoms with Gasteiger partial charge >= 0.3 is 5.97 Å². The first-order chi connectivity index (χ1) is 7.64. The van der Waals surface area contributed by atoms with Crippen LogP contribution < -0.4 is 0 Å². The van der Waals surface area contributed by atoms with Crippen molar-refractivity contribution in [2.24, 2.45) is 0 Å². The number of rotatable bonds is 3. The summed E-state index contributed by atoms with van der Waals surface area (Å²) in [5.74, 6) is -0.746. The van der Waals surface area contributed by atoms with Crippen LogP contribution in [0.25, 0.3) is 0 Å². The number of esters is 1. The number of ether oxygens (including phenoxy) is 2. The molecule has 1 aromatic rings. The molecule has 0 bridgehead atoms. The van der Waals surface area contributed by atoms with Gasteiger partial charge in [-0.3, -0.25) is 0 Å². The minimum atomic E-state index is -2.73. The van der Waals surface area contributed by atoms with Gasteiger partial charge in [-0.1, -0.05) is 18.2 Å². The number of alkyl halides is 2. The fourth-order valence-corrected chi connectivity index (χ4v) is 1.35. The second kappa shape index (κ2) is 4.17. The predicted octanol–water partition coefficient (Wildman–Crippen LogP) is 1.88. The molecular weight excluding hydrogens is 218 g/mol. The SMILES string of the molecule is O=C(OC1(C(F)F)COC1)c1ccccc1. The molecule has 0 aliphatic carbocycles. The van der Waals surface area contributed by atoms with Crippen LogP contribution in [0.5, 0.6) is 0 Å². The first-order valence-electron chi connectivity index (χ1n) is 4.78. The van der Waals surface area contributed by atoms with Crippen molar-refractivity contribution in [3.63, 3.8) is 0 Å². The van der Waals surface area contributed by atoms with E-state index in [2.05, 4.69) is 4.74 Å². The maximum absolute atomic E-state index is 12.7. The summed E-state index contributed by atoms with van der Waals surface area (Å²) >= 11 is 0. The second-order valence-electron chi connectivity index (χ2n) is 3.61. The molecule has 0 spiro atoms. The molecule has 0 saturated carbocycles. The number of hydrogen-bond donors (Lipinski definition) is 0. The minimum Gasteiger partial charge on any atom is -0.444 e. The molecule has 16 heavy (non-hydrogen) atoms. The highest BCUT2D eigenvalue weighted by atomic mass is 19.3. The highest BCUT2D eigenvalue weighted by molar-refractivity contribution is 5.89. The summed E-state index contributed by atoms with van der Waals surface area (Å²) in [6.07, 6.45) is -2.73. The molecule has 1 saturated heterocycles. The molecular formula is C11H10F2O3. The Labute approximate surface area is 91.0 Å². The zero-order valence-corrected chi connectivity index (χ0v) is 8.36. The van der Waals surface area contributed by atoms with Crippen LogP contribution in [-0.2, 0) is 9.47 Å². The number of hydrogen-bond acceptors (Lipinski definition) is 3. The standard InChI is InChI=1S/C11H10F2O3/c12-10(13)11(6-15-7-11)16-9(14)8-4-2-1-3-5-8/h1-5,10H,6-7H2. The quantitative estimate of drug-likeness (QED) is 0.741. The molecule has 0 atom stereocenters. The van der Waals surface area contributed by atoms with Crippen molar-refractivity contribution in [3.8, 4) is 0 Å². The van der Waals surface area contributed by atoms with Gasteiger partial charge in [0.25, 0.3) is 6.43 Å². The molecule has 1 aliphatic rings. The third-order valence-electron chi connectivity index (χ3n) is 2.40. The Morgan fingerprint density at radius 2 is 1.94 bits per heavy atom. The molecule has 3 nitrogen and oxygen atoms in total. The van der Waals surface area contributed by atoms with Crippen LogP contribution >= 0.6 is 0 Å². The molecule has 0 N–H and O–H groups in total. The summed E-state index contributed by atoms with van der Waals surface area (Å²) in [4.78, 5) is 11.5. The van der Waals surface area contributed by atoms with Crippen molar-refractivity contribution in [3.05, 3.63) is 35.9 Å². The maximum atomic E-state index is 12.7. The van der Waals surface area contributed by atoms with Gasteiger partial charge in [-0.25, -0.2) is 13.6 Å². The number of benzene rings is 1. The third kappa shape index (κ3) is 1.90. The van der Waals surface area contributed by atoms with Crippen LogP contribution in [0.3, 0.4) is 0 Å². The van der Waals surface area contributed by atoms with Crippen LogP contribution in [0.4, 0.5) is 8.78 Å². The van der Waals surface area contributed by atoms with Crippen LogP contribution in [0, 0.1) is 0 Å². The Bertz CT molecular complexity index is 374. The van der Waals surface area contributed by atoms with Crippen molar-refractivity contribution in [1.82, 2.24) is 0 Å². The van der Waals surface area contributed by atoms with Gasteiger partial charge in [0.1, 0.15) is 0 Å². The van der Waals surface area contributed by atoms with Gasteiger partial charge in [0.15, 0.2) is 0 Å². The van der Waals surface area contributed by atoms with E-state index in [9.17, 15) is 13.6 Å². The summed E-state index contributed by atoms with van der Waals surface area (Å²) < 4.78 is 34.8. The van der Waals surface area contributed by atoms with E-state index in [1.807, 2.05) is 0 Å². The minimum absolute atomic E-state index is 0.247. The van der Waals surface area contributed by atoms with E-state index in [0.717, 1.165) is 0 Å². The fraction of sp³-hybridized carbons (Fsp3) is 0.364. The van der Waals surface area contributed by atoms with Gasteiger partial charge in [0.2, 0.25) is 5.60 Å². The van der Waals surface area contributed by atoms with E-state index >= 15 is 0 Å². The Balaban J connectivity index is 2.07. The van der Waals surface area contributed by atoms with Crippen LogP contribution in [0.2, 0.25) is 0 Å². The first kappa shape index (κ1) is 11.0. The topological polar surface area (TPSA) is 35.5 Å². The van der Waals surface area contributed by atoms with E-state index < -0.39 is 18.0 Å². The number of carbonyl (C=O) groups excluding carboxylic acids is 1. The molecule has 0 radical (unpaired) electrons. The lowest BCUT2D eigenvalue weighted by molar-refractivity contribution is -0.236. The number of carbonyl (C=O) groups is 1. The highest BCUT2D eigenvalue weighted by Crippen LogP contribution is 2.30. The van der Waals surface area contributed by atoms with Crippen molar-refractivity contribution >= 4 is 5.97 Å². The van der Waals surface area contributed by atoms with E-state index in [0.29, 0.717) is 0 Å². The monoisotopic (exact) mass is 228 g/mol. The van der Waals surface area contributed by atoms with Crippen molar-refractivity contribution in [1.29, 1.82) is 0 Å². The van der Waals surface area contributed by atoms with Gasteiger partial charge in [0.05, 0.1) is 18.8 Å². The summed E-state index contributed by atoms with van der Waals surface area (Å²) in [6, 6.07) is 8.04. The first-order valence-corrected chi connectivity index (χ1v) is 4.78. The van der Waals surface area contributed by atoms with Gasteiger partial charge in [-0.15, -0.1) is 0 Å². The van der Waals surface area contributed by atoms with E-state index in [4.69, 9.17) is 4.74 Å². The Morgan fingerprint density at radius 1 is 1.31 bits per heavy atom. The number of halogens is 2. The normalized spacial score (nSPS) is 17.9. The van der Waals surface area contributed by atoms with Crippen molar-refractivity contribution < 1.29 is 23.0 Å². The molecule has 1 fully saturated rings. The highest BCUT2D eigenvalue weighted by Gasteiger charge is 2.51. The zero-order valence-electron chi connectivity index (χ0n) is 8.36. The molecule has 2 rings (SSSR count). The Hall–Kier alpha value is -1.49. The molecule has 0 amide bonds. The van der Waals surface area contributed by atoms with Crippen LogP contribution in [0.15, 0.2) is 30.3 Å². The largest absolute Gasteiger partial charge is 0.444 e. The van der Waals surface area contributed by atoms with Gasteiger partial charge in [-0.05, 0) is 12.1 Å². The van der Waals surface area contributed by atoms with Crippen LogP contribution in [-0.4, -0.2) is 31.2 Å². The molecule has 86 valence electrons. The average Bonchev–Trinajstić information content (AvgIpc) is 2.24. The van der Waals surface area contributed by atoms with Crippen LogP contribution in [0.1, 0.15) is 10.4 Å². The third-order valence-corrected chi connectivity index (χ3v) is 2.40. The molecule has 0 unspecified atom stereocenters. The average molecular weight is 228 g/mol. The zero-order chi connectivity index (χ0) is 11.6. The summed E-state index contributed by atoms with van der Waals surface area (Å²) in [5, 5.41) is 0. The van der Waals surface area contributed by atoms with E-state index in [-0.39, 0.29) is 18.8 Å². The lowest BCUT2D eigenvalue weighted by Crippen LogP contribution is -2.58. The Kier molecular flexibility index (Phi) is 2.87. The van der Waals surface area contributed by atoms with Gasteiger partial charge in [-0.2, -0.15) is 0 Å². The van der Waals surface area contributed by atoms with Gasteiger partial charge < -0.3 is 9.47 Å². The smallest absolute Gasteiger partial charge is 0.339 e. The molecule has 5 heteroatoms. The van der Waals surface area contributed by atoms with Crippen molar-refractivity contribution in [2.75, 3.05) is 13.2 Å². The van der Waals surface area contributed by atoms with E-state index in [1.54, 1.807) is 18.2 Å².